The summed E-state index contributed by atoms with van der Waals surface area (Å²) in [6, 6.07) is 3.85. The minimum Gasteiger partial charge on any atom is -0.489 e. The largest absolute Gasteiger partial charge is 0.489 e. The lowest BCUT2D eigenvalue weighted by molar-refractivity contribution is -0.384. The van der Waals surface area contributed by atoms with Crippen LogP contribution in [0.25, 0.3) is 0 Å². The summed E-state index contributed by atoms with van der Waals surface area (Å²) >= 11 is 0. The number of amides is 1. The number of benzene rings is 1. The van der Waals surface area contributed by atoms with Crippen LogP contribution in [-0.2, 0) is 9.47 Å². The van der Waals surface area contributed by atoms with Crippen molar-refractivity contribution in [2.45, 2.75) is 52.2 Å². The van der Waals surface area contributed by atoms with E-state index in [1.165, 1.54) is 12.1 Å². The van der Waals surface area contributed by atoms with Gasteiger partial charge in [0.15, 0.2) is 0 Å². The number of carbonyl (C=O) groups excluding carboxylic acids is 2. The van der Waals surface area contributed by atoms with Gasteiger partial charge in [-0.15, -0.1) is 0 Å². The van der Waals surface area contributed by atoms with Gasteiger partial charge in [0, 0.05) is 38.1 Å². The number of rotatable bonds is 5. The summed E-state index contributed by atoms with van der Waals surface area (Å²) in [6.07, 6.45) is 0.513. The number of piperidine rings is 1. The van der Waals surface area contributed by atoms with Crippen molar-refractivity contribution in [3.05, 3.63) is 33.9 Å². The molecule has 9 heteroatoms. The molecule has 2 rings (SSSR count). The molecule has 1 heterocycles. The molecule has 1 fully saturated rings. The Bertz CT molecular complexity index is 734. The molecule has 0 aliphatic carbocycles. The Morgan fingerprint density at radius 1 is 1.25 bits per heavy atom. The topological polar surface area (TPSA) is 108 Å². The number of nitro benzene ring substituents is 1. The van der Waals surface area contributed by atoms with E-state index in [1.54, 1.807) is 11.8 Å². The Kier molecular flexibility index (Phi) is 6.82. The predicted molar refractivity (Wildman–Crippen MR) is 101 cm³/mol. The van der Waals surface area contributed by atoms with Crippen LogP contribution in [-0.4, -0.2) is 53.3 Å². The summed E-state index contributed by atoms with van der Waals surface area (Å²) in [5.74, 6) is -0.438. The van der Waals surface area contributed by atoms with Crippen molar-refractivity contribution < 1.29 is 28.7 Å². The molecule has 28 heavy (non-hydrogen) atoms. The van der Waals surface area contributed by atoms with E-state index >= 15 is 0 Å². The third kappa shape index (κ3) is 5.83. The average Bonchev–Trinajstić information content (AvgIpc) is 2.61. The fourth-order valence-electron chi connectivity index (χ4n) is 2.76. The lowest BCUT2D eigenvalue weighted by Crippen LogP contribution is -2.44. The lowest BCUT2D eigenvalue weighted by atomic mass is 10.1. The molecular formula is C19H26N2O7. The molecule has 0 spiro atoms. The van der Waals surface area contributed by atoms with Gasteiger partial charge in [-0.05, 0) is 33.8 Å². The van der Waals surface area contributed by atoms with Gasteiger partial charge in [0.05, 0.1) is 11.5 Å². The van der Waals surface area contributed by atoms with Crippen molar-refractivity contribution in [1.29, 1.82) is 0 Å². The van der Waals surface area contributed by atoms with Gasteiger partial charge in [0.2, 0.25) is 0 Å². The Labute approximate surface area is 163 Å². The van der Waals surface area contributed by atoms with Gasteiger partial charge in [-0.2, -0.15) is 0 Å². The first-order valence-electron chi connectivity index (χ1n) is 9.21. The summed E-state index contributed by atoms with van der Waals surface area (Å²) in [6.45, 7) is 8.16. The molecule has 1 aliphatic rings. The minimum absolute atomic E-state index is 0.0191. The van der Waals surface area contributed by atoms with Gasteiger partial charge in [-0.1, -0.05) is 0 Å². The van der Waals surface area contributed by atoms with E-state index in [9.17, 15) is 19.7 Å². The number of likely N-dealkylation sites (tertiary alicyclic amines) is 1. The van der Waals surface area contributed by atoms with E-state index < -0.39 is 16.5 Å². The van der Waals surface area contributed by atoms with Gasteiger partial charge in [0.25, 0.3) is 5.69 Å². The molecule has 1 amide bonds. The van der Waals surface area contributed by atoms with Crippen LogP contribution >= 0.6 is 0 Å². The molecule has 0 unspecified atom stereocenters. The summed E-state index contributed by atoms with van der Waals surface area (Å²) in [7, 11) is 0. The molecule has 0 bridgehead atoms. The first-order chi connectivity index (χ1) is 13.1. The maximum absolute atomic E-state index is 12.2. The number of hydrogen-bond donors (Lipinski definition) is 0. The van der Waals surface area contributed by atoms with Crippen LogP contribution in [0.4, 0.5) is 10.5 Å². The third-order valence-electron chi connectivity index (χ3n) is 4.06. The monoisotopic (exact) mass is 394 g/mol. The zero-order valence-electron chi connectivity index (χ0n) is 16.6. The smallest absolute Gasteiger partial charge is 0.410 e. The van der Waals surface area contributed by atoms with Crippen molar-refractivity contribution in [1.82, 2.24) is 4.90 Å². The van der Waals surface area contributed by atoms with Crippen molar-refractivity contribution in [3.8, 4) is 5.75 Å². The maximum Gasteiger partial charge on any atom is 0.410 e. The molecule has 1 aromatic rings. The van der Waals surface area contributed by atoms with Crippen molar-refractivity contribution >= 4 is 17.7 Å². The van der Waals surface area contributed by atoms with E-state index in [-0.39, 0.29) is 35.8 Å². The third-order valence-corrected chi connectivity index (χ3v) is 4.06. The Morgan fingerprint density at radius 3 is 2.43 bits per heavy atom. The Morgan fingerprint density at radius 2 is 1.89 bits per heavy atom. The van der Waals surface area contributed by atoms with Gasteiger partial charge in [-0.25, -0.2) is 9.59 Å². The molecule has 9 nitrogen and oxygen atoms in total. The van der Waals surface area contributed by atoms with E-state index in [0.717, 1.165) is 6.07 Å². The molecule has 1 aliphatic heterocycles. The molecule has 0 N–H and O–H groups in total. The molecule has 0 saturated carbocycles. The SMILES string of the molecule is CCOC(=O)c1cc([N+](=O)[O-])ccc1OC1CCN(C(=O)OC(C)(C)C)CC1. The second-order valence-electron chi connectivity index (χ2n) is 7.44. The molecule has 0 radical (unpaired) electrons. The highest BCUT2D eigenvalue weighted by Gasteiger charge is 2.29. The Hall–Kier alpha value is -2.84. The molecule has 0 atom stereocenters. The average molecular weight is 394 g/mol. The molecule has 1 aromatic carbocycles. The van der Waals surface area contributed by atoms with Crippen LogP contribution in [0, 0.1) is 10.1 Å². The van der Waals surface area contributed by atoms with E-state index in [0.29, 0.717) is 25.9 Å². The predicted octanol–water partition coefficient (Wildman–Crippen LogP) is 3.55. The summed E-state index contributed by atoms with van der Waals surface area (Å²) in [4.78, 5) is 36.3. The lowest BCUT2D eigenvalue weighted by Gasteiger charge is -2.33. The number of nitro groups is 1. The normalized spacial score (nSPS) is 15.1. The van der Waals surface area contributed by atoms with E-state index in [1.807, 2.05) is 20.8 Å². The fraction of sp³-hybridized carbons (Fsp3) is 0.579. The molecular weight excluding hydrogens is 368 g/mol. The maximum atomic E-state index is 12.2. The standard InChI is InChI=1S/C19H26N2O7/c1-5-26-17(22)15-12-13(21(24)25)6-7-16(15)27-14-8-10-20(11-9-14)18(23)28-19(2,3)4/h6-7,12,14H,5,8-11H2,1-4H3. The zero-order chi connectivity index (χ0) is 20.9. The second-order valence-corrected chi connectivity index (χ2v) is 7.44. The first-order valence-corrected chi connectivity index (χ1v) is 9.21. The summed E-state index contributed by atoms with van der Waals surface area (Å²) < 4.78 is 16.3. The van der Waals surface area contributed by atoms with Gasteiger partial charge in [0.1, 0.15) is 23.0 Å². The number of esters is 1. The van der Waals surface area contributed by atoms with Crippen LogP contribution in [0.3, 0.4) is 0 Å². The van der Waals surface area contributed by atoms with Crippen molar-refractivity contribution in [2.75, 3.05) is 19.7 Å². The summed E-state index contributed by atoms with van der Waals surface area (Å²) in [5.41, 5.74) is -0.752. The number of ether oxygens (including phenoxy) is 3. The number of hydrogen-bond acceptors (Lipinski definition) is 7. The van der Waals surface area contributed by atoms with Gasteiger partial charge >= 0.3 is 12.1 Å². The minimum atomic E-state index is -0.674. The number of carbonyl (C=O) groups is 2. The number of nitrogens with zero attached hydrogens (tertiary/aromatic N) is 2. The van der Waals surface area contributed by atoms with E-state index in [4.69, 9.17) is 14.2 Å². The highest BCUT2D eigenvalue weighted by molar-refractivity contribution is 5.93. The molecule has 0 aromatic heterocycles. The van der Waals surface area contributed by atoms with Crippen LogP contribution in [0.15, 0.2) is 18.2 Å². The number of non-ortho nitro benzene ring substituents is 1. The van der Waals surface area contributed by atoms with Crippen molar-refractivity contribution in [2.24, 2.45) is 0 Å². The van der Waals surface area contributed by atoms with Crippen LogP contribution < -0.4 is 4.74 Å². The van der Waals surface area contributed by atoms with Crippen LogP contribution in [0.2, 0.25) is 0 Å². The van der Waals surface area contributed by atoms with Crippen LogP contribution in [0.1, 0.15) is 50.9 Å². The summed E-state index contributed by atoms with van der Waals surface area (Å²) in [5, 5.41) is 11.0. The zero-order valence-corrected chi connectivity index (χ0v) is 16.6. The van der Waals surface area contributed by atoms with E-state index in [2.05, 4.69) is 0 Å². The second kappa shape index (κ2) is 8.90. The van der Waals surface area contributed by atoms with Gasteiger partial charge < -0.3 is 19.1 Å². The van der Waals surface area contributed by atoms with Crippen molar-refractivity contribution in [3.63, 3.8) is 0 Å². The molecule has 154 valence electrons. The quantitative estimate of drug-likeness (QED) is 0.427. The highest BCUT2D eigenvalue weighted by Crippen LogP contribution is 2.28. The first kappa shape index (κ1) is 21.5. The fourth-order valence-corrected chi connectivity index (χ4v) is 2.76. The van der Waals surface area contributed by atoms with Gasteiger partial charge in [-0.3, -0.25) is 10.1 Å². The highest BCUT2D eigenvalue weighted by atomic mass is 16.6. The van der Waals surface area contributed by atoms with Crippen LogP contribution in [0.5, 0.6) is 5.75 Å². The Balaban J connectivity index is 2.05. The molecule has 1 saturated heterocycles.